The largest absolute Gasteiger partial charge is 0.457 e. The molecule has 0 fully saturated rings. The van der Waals surface area contributed by atoms with Gasteiger partial charge in [0.2, 0.25) is 0 Å². The summed E-state index contributed by atoms with van der Waals surface area (Å²) in [6.07, 6.45) is 3.99. The highest BCUT2D eigenvalue weighted by Gasteiger charge is 2.06. The van der Waals surface area contributed by atoms with E-state index in [4.69, 9.17) is 4.74 Å². The predicted octanol–water partition coefficient (Wildman–Crippen LogP) is 4.20. The normalized spacial score (nSPS) is 10.3. The first kappa shape index (κ1) is 18.5. The zero-order valence-corrected chi connectivity index (χ0v) is 15.5. The number of aryl methyl sites for hydroxylation is 1. The second-order valence-corrected chi connectivity index (χ2v) is 6.28. The first-order valence-corrected chi connectivity index (χ1v) is 8.88. The van der Waals surface area contributed by atoms with Crippen molar-refractivity contribution in [2.45, 2.75) is 13.3 Å². The summed E-state index contributed by atoms with van der Waals surface area (Å²) in [5, 5.41) is 5.90. The van der Waals surface area contributed by atoms with Gasteiger partial charge in [-0.2, -0.15) is 0 Å². The molecule has 2 aromatic carbocycles. The number of benzene rings is 2. The zero-order valence-electron chi connectivity index (χ0n) is 15.5. The molecule has 1 heterocycles. The second-order valence-electron chi connectivity index (χ2n) is 6.28. The van der Waals surface area contributed by atoms with Crippen molar-refractivity contribution in [3.63, 3.8) is 0 Å². The number of carbonyl (C=O) groups excluding carboxylic acids is 1. The molecule has 0 bridgehead atoms. The van der Waals surface area contributed by atoms with Crippen LogP contribution in [0.25, 0.3) is 0 Å². The minimum absolute atomic E-state index is 0.126. The van der Waals surface area contributed by atoms with Gasteiger partial charge in [-0.25, -0.2) is 0 Å². The molecule has 0 atom stereocenters. The summed E-state index contributed by atoms with van der Waals surface area (Å²) < 4.78 is 5.83. The Kier molecular flexibility index (Phi) is 6.05. The van der Waals surface area contributed by atoms with Crippen LogP contribution in [0.5, 0.6) is 11.5 Å². The Bertz CT molecular complexity index is 890. The number of nitrogens with zero attached hydrogens (tertiary/aromatic N) is 1. The van der Waals surface area contributed by atoms with Gasteiger partial charge in [-0.15, -0.1) is 0 Å². The third kappa shape index (κ3) is 5.31. The van der Waals surface area contributed by atoms with Gasteiger partial charge in [-0.05, 0) is 49.2 Å². The SMILES string of the molecule is CNc1cncc(C(=O)NCCc2ccc(Oc3ccc(C)cc3)cc2)c1. The molecular weight excluding hydrogens is 338 g/mol. The molecule has 1 amide bonds. The third-order valence-electron chi connectivity index (χ3n) is 4.17. The van der Waals surface area contributed by atoms with Crippen LogP contribution in [0.1, 0.15) is 21.5 Å². The van der Waals surface area contributed by atoms with E-state index in [1.807, 2.05) is 55.5 Å². The van der Waals surface area contributed by atoms with Crippen molar-refractivity contribution in [1.29, 1.82) is 0 Å². The van der Waals surface area contributed by atoms with E-state index in [9.17, 15) is 4.79 Å². The molecule has 5 heteroatoms. The van der Waals surface area contributed by atoms with E-state index in [2.05, 4.69) is 15.6 Å². The lowest BCUT2D eigenvalue weighted by Crippen LogP contribution is -2.25. The highest BCUT2D eigenvalue weighted by Crippen LogP contribution is 2.22. The predicted molar refractivity (Wildman–Crippen MR) is 108 cm³/mol. The summed E-state index contributed by atoms with van der Waals surface area (Å²) in [4.78, 5) is 16.2. The number of amides is 1. The molecule has 3 rings (SSSR count). The Balaban J connectivity index is 1.49. The number of hydrogen-bond donors (Lipinski definition) is 2. The average Bonchev–Trinajstić information content (AvgIpc) is 2.71. The van der Waals surface area contributed by atoms with Gasteiger partial charge in [0.25, 0.3) is 5.91 Å². The number of anilines is 1. The molecule has 1 aromatic heterocycles. The van der Waals surface area contributed by atoms with Crippen molar-refractivity contribution in [3.8, 4) is 11.5 Å². The van der Waals surface area contributed by atoms with Gasteiger partial charge < -0.3 is 15.4 Å². The molecule has 27 heavy (non-hydrogen) atoms. The van der Waals surface area contributed by atoms with Crippen molar-refractivity contribution in [1.82, 2.24) is 10.3 Å². The molecule has 0 aliphatic carbocycles. The maximum absolute atomic E-state index is 12.2. The Morgan fingerprint density at radius 3 is 2.33 bits per heavy atom. The first-order valence-electron chi connectivity index (χ1n) is 8.88. The quantitative estimate of drug-likeness (QED) is 0.662. The van der Waals surface area contributed by atoms with Crippen LogP contribution in [0, 0.1) is 6.92 Å². The lowest BCUT2D eigenvalue weighted by Gasteiger charge is -2.08. The van der Waals surface area contributed by atoms with Gasteiger partial charge in [-0.3, -0.25) is 9.78 Å². The lowest BCUT2D eigenvalue weighted by molar-refractivity contribution is 0.0954. The van der Waals surface area contributed by atoms with E-state index in [1.54, 1.807) is 25.5 Å². The van der Waals surface area contributed by atoms with E-state index in [0.717, 1.165) is 29.2 Å². The third-order valence-corrected chi connectivity index (χ3v) is 4.17. The standard InChI is InChI=1S/C22H23N3O2/c1-16-3-7-20(8-4-16)27-21-9-5-17(6-10-21)11-12-25-22(26)18-13-19(23-2)15-24-14-18/h3-10,13-15,23H,11-12H2,1-2H3,(H,25,26). The summed E-state index contributed by atoms with van der Waals surface area (Å²) >= 11 is 0. The number of rotatable bonds is 7. The Hall–Kier alpha value is -3.34. The molecule has 0 aliphatic rings. The van der Waals surface area contributed by atoms with Crippen LogP contribution in [0.3, 0.4) is 0 Å². The minimum Gasteiger partial charge on any atom is -0.457 e. The molecule has 0 radical (unpaired) electrons. The highest BCUT2D eigenvalue weighted by molar-refractivity contribution is 5.94. The monoisotopic (exact) mass is 361 g/mol. The van der Waals surface area contributed by atoms with E-state index < -0.39 is 0 Å². The molecule has 0 aliphatic heterocycles. The van der Waals surface area contributed by atoms with Crippen LogP contribution in [-0.4, -0.2) is 24.5 Å². The van der Waals surface area contributed by atoms with Crippen LogP contribution < -0.4 is 15.4 Å². The van der Waals surface area contributed by atoms with Crippen molar-refractivity contribution in [2.75, 3.05) is 18.9 Å². The van der Waals surface area contributed by atoms with E-state index in [1.165, 1.54) is 5.56 Å². The maximum atomic E-state index is 12.2. The van der Waals surface area contributed by atoms with Gasteiger partial charge in [0, 0.05) is 26.0 Å². The first-order chi connectivity index (χ1) is 13.1. The summed E-state index contributed by atoms with van der Waals surface area (Å²) in [5.74, 6) is 1.48. The lowest BCUT2D eigenvalue weighted by atomic mass is 10.1. The second kappa shape index (κ2) is 8.85. The molecule has 2 N–H and O–H groups in total. The molecule has 138 valence electrons. The number of ether oxygens (including phenoxy) is 1. The molecule has 0 saturated heterocycles. The van der Waals surface area contributed by atoms with E-state index >= 15 is 0 Å². The van der Waals surface area contributed by atoms with Crippen molar-refractivity contribution in [2.24, 2.45) is 0 Å². The van der Waals surface area contributed by atoms with Crippen LogP contribution >= 0.6 is 0 Å². The number of pyridine rings is 1. The van der Waals surface area contributed by atoms with Crippen molar-refractivity contribution in [3.05, 3.63) is 83.7 Å². The minimum atomic E-state index is -0.126. The van der Waals surface area contributed by atoms with Crippen LogP contribution in [0.4, 0.5) is 5.69 Å². The van der Waals surface area contributed by atoms with Gasteiger partial charge in [-0.1, -0.05) is 29.8 Å². The topological polar surface area (TPSA) is 63.2 Å². The van der Waals surface area contributed by atoms with Gasteiger partial charge >= 0.3 is 0 Å². The fourth-order valence-corrected chi connectivity index (χ4v) is 2.59. The maximum Gasteiger partial charge on any atom is 0.252 e. The van der Waals surface area contributed by atoms with E-state index in [-0.39, 0.29) is 5.91 Å². The van der Waals surface area contributed by atoms with E-state index in [0.29, 0.717) is 12.1 Å². The average molecular weight is 361 g/mol. The molecule has 0 saturated carbocycles. The molecule has 5 nitrogen and oxygen atoms in total. The van der Waals surface area contributed by atoms with Crippen LogP contribution in [-0.2, 0) is 6.42 Å². The summed E-state index contributed by atoms with van der Waals surface area (Å²) in [7, 11) is 1.80. The molecule has 0 spiro atoms. The molecular formula is C22H23N3O2. The Morgan fingerprint density at radius 2 is 1.67 bits per heavy atom. The summed E-state index contributed by atoms with van der Waals surface area (Å²) in [5.41, 5.74) is 3.69. The van der Waals surface area contributed by atoms with Crippen molar-refractivity contribution < 1.29 is 9.53 Å². The zero-order chi connectivity index (χ0) is 19.1. The van der Waals surface area contributed by atoms with Crippen LogP contribution in [0.15, 0.2) is 67.0 Å². The molecule has 3 aromatic rings. The number of aromatic nitrogens is 1. The Labute approximate surface area is 159 Å². The smallest absolute Gasteiger partial charge is 0.252 e. The van der Waals surface area contributed by atoms with Crippen LogP contribution in [0.2, 0.25) is 0 Å². The number of nitrogens with one attached hydrogen (secondary N) is 2. The fraction of sp³-hybridized carbons (Fsp3) is 0.182. The fourth-order valence-electron chi connectivity index (χ4n) is 2.59. The number of carbonyl (C=O) groups is 1. The van der Waals surface area contributed by atoms with Gasteiger partial charge in [0.1, 0.15) is 11.5 Å². The summed E-state index contributed by atoms with van der Waals surface area (Å²) in [6, 6.07) is 17.6. The van der Waals surface area contributed by atoms with Crippen molar-refractivity contribution >= 4 is 11.6 Å². The summed E-state index contributed by atoms with van der Waals surface area (Å²) in [6.45, 7) is 2.60. The van der Waals surface area contributed by atoms with Gasteiger partial charge in [0.15, 0.2) is 0 Å². The highest BCUT2D eigenvalue weighted by atomic mass is 16.5. The number of hydrogen-bond acceptors (Lipinski definition) is 4. The van der Waals surface area contributed by atoms with Gasteiger partial charge in [0.05, 0.1) is 11.3 Å². The molecule has 0 unspecified atom stereocenters. The Morgan fingerprint density at radius 1 is 1.00 bits per heavy atom.